The van der Waals surface area contributed by atoms with Gasteiger partial charge in [-0.15, -0.1) is 0 Å². The third-order valence-electron chi connectivity index (χ3n) is 3.07. The summed E-state index contributed by atoms with van der Waals surface area (Å²) < 4.78 is 28.0. The lowest BCUT2D eigenvalue weighted by molar-refractivity contribution is 0.574. The number of aromatic nitrogens is 4. The number of rotatable bonds is 3. The lowest BCUT2D eigenvalue weighted by Gasteiger charge is -2.12. The third-order valence-corrected chi connectivity index (χ3v) is 3.43. The highest BCUT2D eigenvalue weighted by Crippen LogP contribution is 2.23. The van der Waals surface area contributed by atoms with Gasteiger partial charge in [0.2, 0.25) is 0 Å². The Morgan fingerprint density at radius 3 is 2.90 bits per heavy atom. The zero-order valence-electron chi connectivity index (χ0n) is 10.9. The molecule has 0 saturated carbocycles. The molecular formula is C13H10ClF2N5. The van der Waals surface area contributed by atoms with Crippen LogP contribution in [0, 0.1) is 18.6 Å². The standard InChI is InChI=1S/C13H10ClF2N5/c1-7-11(14)20-13-18-6-19-21(13)12(7)17-5-8-2-3-9(15)4-10(8)16/h2-4,6,17H,5H2,1H3. The van der Waals surface area contributed by atoms with Gasteiger partial charge in [-0.05, 0) is 13.0 Å². The molecule has 0 fully saturated rings. The molecule has 0 radical (unpaired) electrons. The Hall–Kier alpha value is -2.28. The molecule has 2 aromatic heterocycles. The van der Waals surface area contributed by atoms with Crippen molar-refractivity contribution < 1.29 is 8.78 Å². The molecule has 108 valence electrons. The first-order valence-corrected chi connectivity index (χ1v) is 6.47. The van der Waals surface area contributed by atoms with Gasteiger partial charge >= 0.3 is 0 Å². The molecule has 0 spiro atoms. The van der Waals surface area contributed by atoms with Gasteiger partial charge in [0.15, 0.2) is 0 Å². The SMILES string of the molecule is Cc1c(Cl)nc2ncnn2c1NCc1ccc(F)cc1F. The van der Waals surface area contributed by atoms with Gasteiger partial charge in [0.25, 0.3) is 5.78 Å². The first-order valence-electron chi connectivity index (χ1n) is 6.10. The summed E-state index contributed by atoms with van der Waals surface area (Å²) in [5.74, 6) is -0.327. The van der Waals surface area contributed by atoms with Crippen molar-refractivity contribution in [3.05, 3.63) is 52.4 Å². The van der Waals surface area contributed by atoms with Crippen LogP contribution in [0.1, 0.15) is 11.1 Å². The highest BCUT2D eigenvalue weighted by atomic mass is 35.5. The molecule has 0 aliphatic rings. The summed E-state index contributed by atoms with van der Waals surface area (Å²) in [6, 6.07) is 3.43. The van der Waals surface area contributed by atoms with Gasteiger partial charge in [0.05, 0.1) is 0 Å². The summed E-state index contributed by atoms with van der Waals surface area (Å²) in [6.45, 7) is 1.92. The van der Waals surface area contributed by atoms with Crippen LogP contribution in [0.4, 0.5) is 14.6 Å². The van der Waals surface area contributed by atoms with Gasteiger partial charge in [0.1, 0.15) is 28.9 Å². The summed E-state index contributed by atoms with van der Waals surface area (Å²) in [5, 5.41) is 7.36. The fourth-order valence-corrected chi connectivity index (χ4v) is 2.11. The van der Waals surface area contributed by atoms with Crippen LogP contribution >= 0.6 is 11.6 Å². The van der Waals surface area contributed by atoms with E-state index in [0.29, 0.717) is 22.7 Å². The fraction of sp³-hybridized carbons (Fsp3) is 0.154. The monoisotopic (exact) mass is 309 g/mol. The average Bonchev–Trinajstić information content (AvgIpc) is 2.89. The predicted octanol–water partition coefficient (Wildman–Crippen LogP) is 2.98. The van der Waals surface area contributed by atoms with Gasteiger partial charge < -0.3 is 5.32 Å². The van der Waals surface area contributed by atoms with Gasteiger partial charge in [-0.3, -0.25) is 0 Å². The highest BCUT2D eigenvalue weighted by molar-refractivity contribution is 6.30. The van der Waals surface area contributed by atoms with E-state index in [2.05, 4.69) is 20.4 Å². The maximum atomic E-state index is 13.6. The van der Waals surface area contributed by atoms with Crippen LogP contribution in [0.25, 0.3) is 5.78 Å². The van der Waals surface area contributed by atoms with Gasteiger partial charge in [0, 0.05) is 23.7 Å². The first-order chi connectivity index (χ1) is 10.1. The second kappa shape index (κ2) is 5.25. The zero-order valence-corrected chi connectivity index (χ0v) is 11.7. The number of hydrogen-bond donors (Lipinski definition) is 1. The van der Waals surface area contributed by atoms with E-state index in [1.165, 1.54) is 23.0 Å². The first kappa shape index (κ1) is 13.7. The zero-order chi connectivity index (χ0) is 15.0. The lowest BCUT2D eigenvalue weighted by Crippen LogP contribution is -2.10. The predicted molar refractivity (Wildman–Crippen MR) is 74.2 cm³/mol. The summed E-state index contributed by atoms with van der Waals surface area (Å²) in [5.41, 5.74) is 0.995. The van der Waals surface area contributed by atoms with E-state index in [1.807, 2.05) is 0 Å². The minimum atomic E-state index is -0.616. The number of hydrogen-bond acceptors (Lipinski definition) is 4. The Labute approximate surface area is 123 Å². The Morgan fingerprint density at radius 2 is 2.14 bits per heavy atom. The van der Waals surface area contributed by atoms with Gasteiger partial charge in [-0.1, -0.05) is 17.7 Å². The van der Waals surface area contributed by atoms with E-state index in [0.717, 1.165) is 6.07 Å². The van der Waals surface area contributed by atoms with Crippen LogP contribution in [0.3, 0.4) is 0 Å². The molecular weight excluding hydrogens is 300 g/mol. The van der Waals surface area contributed by atoms with E-state index in [4.69, 9.17) is 11.6 Å². The van der Waals surface area contributed by atoms with E-state index in [1.54, 1.807) is 6.92 Å². The lowest BCUT2D eigenvalue weighted by atomic mass is 10.2. The van der Waals surface area contributed by atoms with Crippen LogP contribution in [0.15, 0.2) is 24.5 Å². The van der Waals surface area contributed by atoms with Gasteiger partial charge in [-0.25, -0.2) is 8.78 Å². The van der Waals surface area contributed by atoms with Crippen molar-refractivity contribution >= 4 is 23.2 Å². The molecule has 2 heterocycles. The highest BCUT2D eigenvalue weighted by Gasteiger charge is 2.12. The molecule has 5 nitrogen and oxygen atoms in total. The van der Waals surface area contributed by atoms with Crippen LogP contribution in [0.2, 0.25) is 5.15 Å². The average molecular weight is 310 g/mol. The van der Waals surface area contributed by atoms with Crippen molar-refractivity contribution in [1.82, 2.24) is 19.6 Å². The topological polar surface area (TPSA) is 55.1 Å². The summed E-state index contributed by atoms with van der Waals surface area (Å²) in [6.07, 6.45) is 1.35. The minimum Gasteiger partial charge on any atom is -0.365 e. The Bertz CT molecular complexity index is 818. The van der Waals surface area contributed by atoms with Crippen molar-refractivity contribution in [2.75, 3.05) is 5.32 Å². The number of nitrogens with zero attached hydrogens (tertiary/aromatic N) is 4. The molecule has 0 aliphatic carbocycles. The van der Waals surface area contributed by atoms with E-state index in [9.17, 15) is 8.78 Å². The Balaban J connectivity index is 1.94. The molecule has 3 aromatic rings. The minimum absolute atomic E-state index is 0.155. The fourth-order valence-electron chi connectivity index (χ4n) is 1.95. The third kappa shape index (κ3) is 2.52. The summed E-state index contributed by atoms with van der Waals surface area (Å²) >= 11 is 6.03. The van der Waals surface area contributed by atoms with Crippen LogP contribution in [-0.2, 0) is 6.54 Å². The van der Waals surface area contributed by atoms with Crippen molar-refractivity contribution in [1.29, 1.82) is 0 Å². The number of nitrogens with one attached hydrogen (secondary N) is 1. The van der Waals surface area contributed by atoms with Crippen LogP contribution in [-0.4, -0.2) is 19.6 Å². The molecule has 1 N–H and O–H groups in total. The van der Waals surface area contributed by atoms with E-state index in [-0.39, 0.29) is 11.7 Å². The normalized spacial score (nSPS) is 11.0. The van der Waals surface area contributed by atoms with E-state index < -0.39 is 11.6 Å². The smallest absolute Gasteiger partial charge is 0.255 e. The van der Waals surface area contributed by atoms with Crippen LogP contribution in [0.5, 0.6) is 0 Å². The molecule has 0 amide bonds. The Kier molecular flexibility index (Phi) is 3.42. The molecule has 0 atom stereocenters. The second-order valence-corrected chi connectivity index (χ2v) is 4.80. The molecule has 3 rings (SSSR count). The molecule has 0 bridgehead atoms. The summed E-state index contributed by atoms with van der Waals surface area (Å²) in [7, 11) is 0. The quantitative estimate of drug-likeness (QED) is 0.756. The number of anilines is 1. The molecule has 1 aromatic carbocycles. The molecule has 0 aliphatic heterocycles. The van der Waals surface area contributed by atoms with E-state index >= 15 is 0 Å². The number of benzene rings is 1. The van der Waals surface area contributed by atoms with Gasteiger partial charge in [-0.2, -0.15) is 19.6 Å². The second-order valence-electron chi connectivity index (χ2n) is 4.44. The van der Waals surface area contributed by atoms with Crippen molar-refractivity contribution in [3.8, 4) is 0 Å². The largest absolute Gasteiger partial charge is 0.365 e. The summed E-state index contributed by atoms with van der Waals surface area (Å²) in [4.78, 5) is 8.03. The number of halogens is 3. The van der Waals surface area contributed by atoms with Crippen molar-refractivity contribution in [2.24, 2.45) is 0 Å². The molecule has 21 heavy (non-hydrogen) atoms. The molecule has 0 saturated heterocycles. The van der Waals surface area contributed by atoms with Crippen LogP contribution < -0.4 is 5.32 Å². The van der Waals surface area contributed by atoms with Crippen molar-refractivity contribution in [2.45, 2.75) is 13.5 Å². The molecule has 0 unspecified atom stereocenters. The number of fused-ring (bicyclic) bond motifs is 1. The Morgan fingerprint density at radius 1 is 1.33 bits per heavy atom. The van der Waals surface area contributed by atoms with Crippen molar-refractivity contribution in [3.63, 3.8) is 0 Å². The maximum Gasteiger partial charge on any atom is 0.255 e. The maximum absolute atomic E-state index is 13.6. The molecule has 8 heteroatoms.